The van der Waals surface area contributed by atoms with E-state index in [9.17, 15) is 61.0 Å². The number of amides is 1. The zero-order chi connectivity index (χ0) is 74.6. The molecular weight excluding hydrogens is 1310 g/mol. The molecule has 19 heteroatoms. The first-order valence-electron chi connectivity index (χ1n) is 40.6. The highest BCUT2D eigenvalue weighted by Gasteiger charge is 2.54. The predicted molar refractivity (Wildman–Crippen MR) is 410 cm³/mol. The predicted octanol–water partition coefficient (Wildman–Crippen LogP) is 13.7. The summed E-state index contributed by atoms with van der Waals surface area (Å²) in [4.78, 5) is 13.5. The first-order chi connectivity index (χ1) is 50.3. The SMILES string of the molecule is CC/C=C\C/C=C\C/C=C\C/C=C\C/C=C\C/C=C\CCCCCCCCCCCCCCCCCCCCC(=O)NC(COC1OC(CO)C(OC2OC(CO)C(OC3OC(CO)C(O)C(O)C3O)C(O)C2O)C(O)C1O)C(O)/C=C/CC/C=C/CC/C=C/CCCCCCCCCCCCC. The van der Waals surface area contributed by atoms with E-state index >= 15 is 0 Å². The molecule has 0 aliphatic carbocycles. The van der Waals surface area contributed by atoms with Crippen LogP contribution in [-0.4, -0.2) is 193 Å². The zero-order valence-electron chi connectivity index (χ0n) is 63.5. The van der Waals surface area contributed by atoms with Gasteiger partial charge >= 0.3 is 0 Å². The topological polar surface area (TPSA) is 307 Å². The highest BCUT2D eigenvalue weighted by molar-refractivity contribution is 5.76. The number of hydrogen-bond donors (Lipinski definition) is 12. The van der Waals surface area contributed by atoms with E-state index in [0.29, 0.717) is 12.8 Å². The number of nitrogens with one attached hydrogen (secondary N) is 1. The quantitative estimate of drug-likeness (QED) is 0.0199. The molecule has 0 aromatic heterocycles. The first kappa shape index (κ1) is 93.7. The van der Waals surface area contributed by atoms with Gasteiger partial charge in [-0.25, -0.2) is 0 Å². The number of unbranched alkanes of at least 4 members (excludes halogenated alkanes) is 31. The Hall–Kier alpha value is -3.55. The lowest BCUT2D eigenvalue weighted by Gasteiger charge is -2.48. The van der Waals surface area contributed by atoms with E-state index in [4.69, 9.17) is 28.4 Å². The van der Waals surface area contributed by atoms with Crippen LogP contribution in [0, 0.1) is 0 Å². The zero-order valence-corrected chi connectivity index (χ0v) is 63.5. The monoisotopic (exact) mass is 1460 g/mol. The van der Waals surface area contributed by atoms with Crippen molar-refractivity contribution >= 4 is 5.91 Å². The highest BCUT2D eigenvalue weighted by Crippen LogP contribution is 2.33. The van der Waals surface area contributed by atoms with Crippen molar-refractivity contribution < 1.29 is 89.4 Å². The second-order valence-corrected chi connectivity index (χ2v) is 28.5. The fraction of sp³-hybridized carbons (Fsp3) is 0.774. The number of aliphatic hydroxyl groups is 11. The molecule has 17 atom stereocenters. The summed E-state index contributed by atoms with van der Waals surface area (Å²) in [5, 5.41) is 121. The van der Waals surface area contributed by atoms with Gasteiger partial charge in [0.2, 0.25) is 5.91 Å². The molecule has 0 spiro atoms. The molecule has 3 aliphatic rings. The molecule has 0 aromatic carbocycles. The van der Waals surface area contributed by atoms with Crippen LogP contribution in [0.3, 0.4) is 0 Å². The molecule has 103 heavy (non-hydrogen) atoms. The van der Waals surface area contributed by atoms with Gasteiger partial charge in [-0.05, 0) is 96.3 Å². The second-order valence-electron chi connectivity index (χ2n) is 28.5. The van der Waals surface area contributed by atoms with Gasteiger partial charge in [0.25, 0.3) is 0 Å². The second kappa shape index (κ2) is 63.4. The molecule has 12 N–H and O–H groups in total. The summed E-state index contributed by atoms with van der Waals surface area (Å²) < 4.78 is 34.4. The van der Waals surface area contributed by atoms with Crippen LogP contribution in [0.1, 0.15) is 284 Å². The highest BCUT2D eigenvalue weighted by atomic mass is 16.8. The van der Waals surface area contributed by atoms with Gasteiger partial charge < -0.3 is 89.9 Å². The lowest BCUT2D eigenvalue weighted by molar-refractivity contribution is -0.379. The van der Waals surface area contributed by atoms with Gasteiger partial charge in [0, 0.05) is 6.42 Å². The maximum atomic E-state index is 13.5. The maximum absolute atomic E-state index is 13.5. The Labute approximate surface area is 621 Å². The number of ether oxygens (including phenoxy) is 6. The van der Waals surface area contributed by atoms with E-state index in [0.717, 1.165) is 83.5 Å². The minimum absolute atomic E-state index is 0.229. The van der Waals surface area contributed by atoms with Crippen LogP contribution in [0.2, 0.25) is 0 Å². The van der Waals surface area contributed by atoms with Crippen molar-refractivity contribution in [3.63, 3.8) is 0 Å². The average Bonchev–Trinajstić information content (AvgIpc) is 0.781. The minimum atomic E-state index is -1.99. The fourth-order valence-electron chi connectivity index (χ4n) is 13.1. The largest absolute Gasteiger partial charge is 0.394 e. The molecule has 0 radical (unpaired) electrons. The van der Waals surface area contributed by atoms with Gasteiger partial charge in [-0.2, -0.15) is 0 Å². The molecule has 3 aliphatic heterocycles. The van der Waals surface area contributed by atoms with E-state index in [-0.39, 0.29) is 18.9 Å². The molecule has 3 heterocycles. The van der Waals surface area contributed by atoms with Crippen LogP contribution >= 0.6 is 0 Å². The van der Waals surface area contributed by atoms with Crippen molar-refractivity contribution in [2.75, 3.05) is 26.4 Å². The molecule has 0 saturated carbocycles. The van der Waals surface area contributed by atoms with Gasteiger partial charge in [0.1, 0.15) is 73.2 Å². The van der Waals surface area contributed by atoms with Crippen LogP contribution < -0.4 is 5.32 Å². The van der Waals surface area contributed by atoms with Gasteiger partial charge in [0.15, 0.2) is 18.9 Å². The van der Waals surface area contributed by atoms with Crippen molar-refractivity contribution in [1.29, 1.82) is 0 Å². The molecule has 0 aromatic rings. The van der Waals surface area contributed by atoms with Gasteiger partial charge in [-0.1, -0.05) is 290 Å². The Morgan fingerprint density at radius 2 is 0.680 bits per heavy atom. The van der Waals surface area contributed by atoms with Crippen molar-refractivity contribution in [3.05, 3.63) is 109 Å². The summed E-state index contributed by atoms with van der Waals surface area (Å²) in [6.07, 6.45) is 60.8. The number of carbonyl (C=O) groups is 1. The third-order valence-corrected chi connectivity index (χ3v) is 19.5. The number of hydrogen-bond acceptors (Lipinski definition) is 18. The third-order valence-electron chi connectivity index (χ3n) is 19.5. The summed E-state index contributed by atoms with van der Waals surface area (Å²) in [6, 6.07) is -1.00. The van der Waals surface area contributed by atoms with Crippen molar-refractivity contribution in [2.45, 2.75) is 388 Å². The van der Waals surface area contributed by atoms with Crippen LogP contribution in [0.5, 0.6) is 0 Å². The van der Waals surface area contributed by atoms with Crippen LogP contribution in [0.25, 0.3) is 0 Å². The Morgan fingerprint density at radius 1 is 0.359 bits per heavy atom. The lowest BCUT2D eigenvalue weighted by atomic mass is 9.96. The number of carbonyl (C=O) groups excluding carboxylic acids is 1. The van der Waals surface area contributed by atoms with Crippen molar-refractivity contribution in [1.82, 2.24) is 5.32 Å². The molecule has 0 bridgehead atoms. The molecule has 1 amide bonds. The molecule has 594 valence electrons. The normalized spacial score (nSPS) is 26.6. The number of aliphatic hydroxyl groups excluding tert-OH is 11. The van der Waals surface area contributed by atoms with E-state index in [2.05, 4.69) is 116 Å². The Kier molecular flexibility index (Phi) is 57.6. The summed E-state index contributed by atoms with van der Waals surface area (Å²) in [6.45, 7) is 1.61. The van der Waals surface area contributed by atoms with Crippen LogP contribution in [-0.2, 0) is 33.2 Å². The van der Waals surface area contributed by atoms with Crippen molar-refractivity contribution in [3.8, 4) is 0 Å². The molecule has 3 rings (SSSR count). The van der Waals surface area contributed by atoms with Gasteiger partial charge in [-0.3, -0.25) is 4.79 Å². The molecule has 3 saturated heterocycles. The van der Waals surface area contributed by atoms with E-state index in [1.807, 2.05) is 6.08 Å². The number of rotatable bonds is 63. The average molecular weight is 1460 g/mol. The van der Waals surface area contributed by atoms with Gasteiger partial charge in [-0.15, -0.1) is 0 Å². The van der Waals surface area contributed by atoms with Gasteiger partial charge in [0.05, 0.1) is 38.6 Å². The number of allylic oxidation sites excluding steroid dienone is 17. The summed E-state index contributed by atoms with van der Waals surface area (Å²) in [5.41, 5.74) is 0. The Bertz CT molecular complexity index is 2290. The summed E-state index contributed by atoms with van der Waals surface area (Å²) >= 11 is 0. The first-order valence-corrected chi connectivity index (χ1v) is 40.6. The van der Waals surface area contributed by atoms with Crippen molar-refractivity contribution in [2.24, 2.45) is 0 Å². The molecule has 19 nitrogen and oxygen atoms in total. The Balaban J connectivity index is 1.35. The summed E-state index contributed by atoms with van der Waals surface area (Å²) in [5.74, 6) is -0.290. The van der Waals surface area contributed by atoms with Crippen LogP contribution in [0.15, 0.2) is 109 Å². The lowest BCUT2D eigenvalue weighted by Crippen LogP contribution is -2.66. The van der Waals surface area contributed by atoms with E-state index < -0.39 is 124 Å². The Morgan fingerprint density at radius 3 is 1.09 bits per heavy atom. The molecular formula is C84H145NO18. The summed E-state index contributed by atoms with van der Waals surface area (Å²) in [7, 11) is 0. The fourth-order valence-corrected chi connectivity index (χ4v) is 13.1. The maximum Gasteiger partial charge on any atom is 0.220 e. The minimum Gasteiger partial charge on any atom is -0.394 e. The van der Waals surface area contributed by atoms with E-state index in [1.165, 1.54) is 167 Å². The van der Waals surface area contributed by atoms with Crippen LogP contribution in [0.4, 0.5) is 0 Å². The third kappa shape index (κ3) is 43.3. The molecule has 3 fully saturated rings. The van der Waals surface area contributed by atoms with E-state index in [1.54, 1.807) is 6.08 Å². The standard InChI is InChI=1S/C84H145NO18/c1-3-5-7-9-11-13-15-17-19-21-23-25-26-27-28-29-30-31-32-33-34-35-36-37-38-39-40-42-44-46-48-50-52-54-56-58-60-62-72(90)85-67(68(89)61-59-57-55-53-51-49-47-45-43-41-24-22-20-18-16-14-12-10-8-6-4-2)66-98-82-78(96)75(93)80(70(64-87)100-82)103-84-79(97)76(94)81(71(65-88)101-84)102-83-77(95)74(92)73(91)69(63-86)99-83/h5,7,11,13,17,19,23,25,27-28,30-31,43,45,51,53,59,61,67-71,73-84,86-89,91-97H,3-4,6,8-10,12,14-16,18,20-22,24,26,29,32-42,44,46-50,52,54-58,60,62-66H2,1-2H3,(H,85,90)/b7-5-,13-11-,19-17-,25-23-,28-27-,31-30-,45-43+,53-51+,61-59+. The smallest absolute Gasteiger partial charge is 0.220 e. The molecule has 17 unspecified atom stereocenters.